The summed E-state index contributed by atoms with van der Waals surface area (Å²) in [5.41, 5.74) is -5.22. The Morgan fingerprint density at radius 1 is 1.15 bits per heavy atom. The molecule has 0 saturated carbocycles. The standard InChI is InChI=1S/C26H20F4N4O6/c1-4-40-26(36)14-11-33(22-12(2)18(28)19(29)23(34(37)38)17(22)24(14)35)25-20(30)21(15(27)10-32-25)31-9-13-7-5-6-8-16(13)39-3/h5-8,10-11H,4,9H2,1-3H3,(H,31,32). The maximum absolute atomic E-state index is 15.9. The molecule has 14 heteroatoms. The average molecular weight is 560 g/mol. The molecule has 0 atom stereocenters. The SMILES string of the molecule is CCOC(=O)c1cn(-c2ncc(F)c(NCc3ccccc3OC)c2F)c2c(C)c(F)c(F)c([N+](=O)[O-])c2c1=O. The number of nitro benzene ring substituents is 1. The van der Waals surface area contributed by atoms with Crippen LogP contribution < -0.4 is 15.5 Å². The van der Waals surface area contributed by atoms with Crippen LogP contribution in [0.2, 0.25) is 0 Å². The van der Waals surface area contributed by atoms with Gasteiger partial charge in [-0.3, -0.25) is 19.5 Å². The fourth-order valence-corrected chi connectivity index (χ4v) is 4.20. The molecular weight excluding hydrogens is 540 g/mol. The van der Waals surface area contributed by atoms with Crippen LogP contribution in [0.15, 0.2) is 41.5 Å². The fraction of sp³-hybridized carbons (Fsp3) is 0.192. The minimum atomic E-state index is -1.95. The van der Waals surface area contributed by atoms with Gasteiger partial charge in [0.1, 0.15) is 22.4 Å². The molecule has 2 heterocycles. The molecule has 0 aliphatic heterocycles. The van der Waals surface area contributed by atoms with Crippen LogP contribution in [0, 0.1) is 40.3 Å². The lowest BCUT2D eigenvalue weighted by atomic mass is 10.0. The van der Waals surface area contributed by atoms with Crippen molar-refractivity contribution in [2.24, 2.45) is 0 Å². The van der Waals surface area contributed by atoms with Crippen LogP contribution in [0.25, 0.3) is 16.7 Å². The molecule has 0 spiro atoms. The van der Waals surface area contributed by atoms with E-state index in [-0.39, 0.29) is 13.2 Å². The van der Waals surface area contributed by atoms with E-state index in [1.165, 1.54) is 14.0 Å². The van der Waals surface area contributed by atoms with Crippen LogP contribution >= 0.6 is 0 Å². The predicted molar refractivity (Wildman–Crippen MR) is 135 cm³/mol. The molecule has 0 fully saturated rings. The Bertz CT molecular complexity index is 1740. The number of rotatable bonds is 8. The molecule has 40 heavy (non-hydrogen) atoms. The number of aromatic nitrogens is 2. The lowest BCUT2D eigenvalue weighted by Gasteiger charge is -2.18. The lowest BCUT2D eigenvalue weighted by Crippen LogP contribution is -2.23. The van der Waals surface area contributed by atoms with E-state index >= 15 is 4.39 Å². The first-order valence-corrected chi connectivity index (χ1v) is 11.6. The van der Waals surface area contributed by atoms with Gasteiger partial charge >= 0.3 is 11.7 Å². The van der Waals surface area contributed by atoms with Gasteiger partial charge in [0.2, 0.25) is 11.2 Å². The fourth-order valence-electron chi connectivity index (χ4n) is 4.20. The van der Waals surface area contributed by atoms with Gasteiger partial charge in [0.25, 0.3) is 0 Å². The number of methoxy groups -OCH3 is 1. The third kappa shape index (κ3) is 4.67. The number of aryl methyl sites for hydroxylation is 1. The van der Waals surface area contributed by atoms with Crippen molar-refractivity contribution < 1.29 is 36.8 Å². The molecule has 0 unspecified atom stereocenters. The summed E-state index contributed by atoms with van der Waals surface area (Å²) >= 11 is 0. The molecule has 2 aromatic heterocycles. The second-order valence-corrected chi connectivity index (χ2v) is 8.33. The number of esters is 1. The number of para-hydroxylation sites is 1. The van der Waals surface area contributed by atoms with E-state index < -0.39 is 78.8 Å². The smallest absolute Gasteiger partial charge is 0.343 e. The molecule has 2 aromatic carbocycles. The molecule has 4 aromatic rings. The van der Waals surface area contributed by atoms with Gasteiger partial charge in [-0.2, -0.15) is 4.39 Å². The van der Waals surface area contributed by atoms with E-state index in [4.69, 9.17) is 9.47 Å². The largest absolute Gasteiger partial charge is 0.496 e. The molecule has 0 aliphatic rings. The number of nitrogens with one attached hydrogen (secondary N) is 1. The number of fused-ring (bicyclic) bond motifs is 1. The number of ether oxygens (including phenoxy) is 2. The zero-order valence-electron chi connectivity index (χ0n) is 21.2. The van der Waals surface area contributed by atoms with Gasteiger partial charge in [-0.05, 0) is 19.9 Å². The van der Waals surface area contributed by atoms with E-state index in [0.29, 0.717) is 22.1 Å². The molecule has 10 nitrogen and oxygen atoms in total. The van der Waals surface area contributed by atoms with E-state index in [1.807, 2.05) is 0 Å². The van der Waals surface area contributed by atoms with Gasteiger partial charge in [0.05, 0.1) is 30.4 Å². The Kier molecular flexibility index (Phi) is 7.70. The quantitative estimate of drug-likeness (QED) is 0.139. The van der Waals surface area contributed by atoms with Crippen LogP contribution in [-0.4, -0.2) is 34.2 Å². The Labute approximate surface area is 222 Å². The predicted octanol–water partition coefficient (Wildman–Crippen LogP) is 4.96. The molecule has 208 valence electrons. The van der Waals surface area contributed by atoms with Crippen molar-refractivity contribution >= 4 is 28.2 Å². The number of benzene rings is 2. The van der Waals surface area contributed by atoms with Gasteiger partial charge in [-0.15, -0.1) is 0 Å². The van der Waals surface area contributed by atoms with Crippen molar-refractivity contribution in [3.63, 3.8) is 0 Å². The third-order valence-electron chi connectivity index (χ3n) is 6.04. The third-order valence-corrected chi connectivity index (χ3v) is 6.04. The summed E-state index contributed by atoms with van der Waals surface area (Å²) in [7, 11) is 1.41. The lowest BCUT2D eigenvalue weighted by molar-refractivity contribution is -0.386. The second kappa shape index (κ2) is 11.0. The summed E-state index contributed by atoms with van der Waals surface area (Å²) in [6, 6.07) is 6.65. The summed E-state index contributed by atoms with van der Waals surface area (Å²) in [6.07, 6.45) is 1.34. The van der Waals surface area contributed by atoms with Crippen molar-refractivity contribution in [1.82, 2.24) is 9.55 Å². The van der Waals surface area contributed by atoms with E-state index in [0.717, 1.165) is 13.1 Å². The topological polar surface area (TPSA) is 126 Å². The number of anilines is 1. The number of hydrogen-bond donors (Lipinski definition) is 1. The second-order valence-electron chi connectivity index (χ2n) is 8.33. The Morgan fingerprint density at radius 2 is 1.85 bits per heavy atom. The number of pyridine rings is 2. The minimum Gasteiger partial charge on any atom is -0.496 e. The average Bonchev–Trinajstić information content (AvgIpc) is 2.92. The number of halogens is 4. The minimum absolute atomic E-state index is 0.120. The summed E-state index contributed by atoms with van der Waals surface area (Å²) in [5.74, 6) is -7.75. The Balaban J connectivity index is 2.04. The number of hydrogen-bond acceptors (Lipinski definition) is 8. The zero-order chi connectivity index (χ0) is 29.3. The van der Waals surface area contributed by atoms with Crippen molar-refractivity contribution in [2.75, 3.05) is 19.0 Å². The van der Waals surface area contributed by atoms with E-state index in [1.54, 1.807) is 24.3 Å². The number of carbonyl (C=O) groups is 1. The monoisotopic (exact) mass is 560 g/mol. The normalized spacial score (nSPS) is 11.0. The van der Waals surface area contributed by atoms with E-state index in [2.05, 4.69) is 10.3 Å². The first kappa shape index (κ1) is 28.0. The van der Waals surface area contributed by atoms with Crippen LogP contribution in [0.3, 0.4) is 0 Å². The Morgan fingerprint density at radius 3 is 2.50 bits per heavy atom. The first-order chi connectivity index (χ1) is 19.0. The van der Waals surface area contributed by atoms with Crippen molar-refractivity contribution in [1.29, 1.82) is 0 Å². The molecule has 0 aliphatic carbocycles. The van der Waals surface area contributed by atoms with Gasteiger partial charge < -0.3 is 14.8 Å². The van der Waals surface area contributed by atoms with Crippen molar-refractivity contribution in [3.8, 4) is 11.6 Å². The van der Waals surface area contributed by atoms with Crippen LogP contribution in [0.1, 0.15) is 28.4 Å². The number of nitrogens with zero attached hydrogens (tertiary/aromatic N) is 3. The molecule has 0 bridgehead atoms. The highest BCUT2D eigenvalue weighted by molar-refractivity contribution is 5.98. The van der Waals surface area contributed by atoms with Gasteiger partial charge in [-0.25, -0.2) is 22.9 Å². The molecular formula is C26H20F4N4O6. The summed E-state index contributed by atoms with van der Waals surface area (Å²) in [6.45, 7) is 2.08. The summed E-state index contributed by atoms with van der Waals surface area (Å²) in [5, 5.41) is 13.3. The summed E-state index contributed by atoms with van der Waals surface area (Å²) < 4.78 is 70.9. The summed E-state index contributed by atoms with van der Waals surface area (Å²) in [4.78, 5) is 39.8. The van der Waals surface area contributed by atoms with Crippen LogP contribution in [0.4, 0.5) is 28.9 Å². The zero-order valence-corrected chi connectivity index (χ0v) is 21.2. The van der Waals surface area contributed by atoms with Gasteiger partial charge in [0.15, 0.2) is 23.3 Å². The first-order valence-electron chi connectivity index (χ1n) is 11.6. The highest BCUT2D eigenvalue weighted by Gasteiger charge is 2.33. The molecule has 0 radical (unpaired) electrons. The van der Waals surface area contributed by atoms with Crippen molar-refractivity contribution in [3.05, 3.63) is 97.0 Å². The van der Waals surface area contributed by atoms with Crippen molar-refractivity contribution in [2.45, 2.75) is 20.4 Å². The van der Waals surface area contributed by atoms with Gasteiger partial charge in [0, 0.05) is 23.9 Å². The molecule has 0 saturated heterocycles. The maximum Gasteiger partial charge on any atom is 0.343 e. The number of carbonyl (C=O) groups excluding carboxylic acids is 1. The van der Waals surface area contributed by atoms with Crippen LogP contribution in [-0.2, 0) is 11.3 Å². The number of nitro groups is 1. The Hall–Kier alpha value is -5.01. The van der Waals surface area contributed by atoms with Crippen LogP contribution in [0.5, 0.6) is 5.75 Å². The molecule has 0 amide bonds. The van der Waals surface area contributed by atoms with E-state index in [9.17, 15) is 32.9 Å². The highest BCUT2D eigenvalue weighted by Crippen LogP contribution is 2.35. The van der Waals surface area contributed by atoms with Gasteiger partial charge in [-0.1, -0.05) is 18.2 Å². The maximum atomic E-state index is 15.9. The molecule has 1 N–H and O–H groups in total. The molecule has 4 rings (SSSR count). The highest BCUT2D eigenvalue weighted by atomic mass is 19.2.